The molecule has 2 aliphatic heterocycles. The summed E-state index contributed by atoms with van der Waals surface area (Å²) in [6, 6.07) is 9.14. The van der Waals surface area contributed by atoms with Gasteiger partial charge in [-0.3, -0.25) is 14.8 Å². The van der Waals surface area contributed by atoms with Gasteiger partial charge in [-0.2, -0.15) is 5.10 Å². The van der Waals surface area contributed by atoms with Crippen LogP contribution in [-0.2, 0) is 13.0 Å². The van der Waals surface area contributed by atoms with E-state index in [1.165, 1.54) is 18.4 Å². The first-order valence-corrected chi connectivity index (χ1v) is 10.2. The SMILES string of the molecule is COc1cccc(C2C(NC(=O)c3n[nH]c4c3CNCC4)CCN2C2CC2)c1. The number of carbonyl (C=O) groups excluding carboxylic acids is 1. The highest BCUT2D eigenvalue weighted by Gasteiger charge is 2.43. The Kier molecular flexibility index (Phi) is 4.56. The van der Waals surface area contributed by atoms with Gasteiger partial charge in [0.15, 0.2) is 5.69 Å². The van der Waals surface area contributed by atoms with Crippen LogP contribution in [0.15, 0.2) is 24.3 Å². The highest BCUT2D eigenvalue weighted by Crippen LogP contribution is 2.41. The summed E-state index contributed by atoms with van der Waals surface area (Å²) in [7, 11) is 1.69. The van der Waals surface area contributed by atoms with Gasteiger partial charge >= 0.3 is 0 Å². The molecule has 2 unspecified atom stereocenters. The molecule has 5 rings (SSSR count). The van der Waals surface area contributed by atoms with Crippen LogP contribution in [0.25, 0.3) is 0 Å². The van der Waals surface area contributed by atoms with Crippen LogP contribution in [-0.4, -0.2) is 53.3 Å². The fourth-order valence-corrected chi connectivity index (χ4v) is 4.68. The van der Waals surface area contributed by atoms with E-state index in [2.05, 4.69) is 37.9 Å². The molecule has 1 aromatic carbocycles. The lowest BCUT2D eigenvalue weighted by Crippen LogP contribution is -2.41. The maximum absolute atomic E-state index is 13.1. The predicted octanol–water partition coefficient (Wildman–Crippen LogP) is 1.77. The zero-order valence-corrected chi connectivity index (χ0v) is 16.2. The second-order valence-electron chi connectivity index (χ2n) is 8.02. The smallest absolute Gasteiger partial charge is 0.272 e. The molecule has 2 fully saturated rings. The van der Waals surface area contributed by atoms with Crippen LogP contribution < -0.4 is 15.4 Å². The first kappa shape index (κ1) is 17.7. The highest BCUT2D eigenvalue weighted by molar-refractivity contribution is 5.94. The Hall–Kier alpha value is -2.38. The number of nitrogens with zero attached hydrogens (tertiary/aromatic N) is 2. The van der Waals surface area contributed by atoms with Gasteiger partial charge in [0.05, 0.1) is 19.2 Å². The minimum Gasteiger partial charge on any atom is -0.497 e. The first-order chi connectivity index (χ1) is 13.7. The van der Waals surface area contributed by atoms with Gasteiger partial charge in [-0.25, -0.2) is 0 Å². The van der Waals surface area contributed by atoms with E-state index in [9.17, 15) is 4.79 Å². The van der Waals surface area contributed by atoms with Gasteiger partial charge in [-0.05, 0) is 37.0 Å². The van der Waals surface area contributed by atoms with Crippen molar-refractivity contribution in [2.75, 3.05) is 20.2 Å². The first-order valence-electron chi connectivity index (χ1n) is 10.2. The van der Waals surface area contributed by atoms with Crippen LogP contribution in [0.2, 0.25) is 0 Å². The van der Waals surface area contributed by atoms with Crippen LogP contribution in [0.1, 0.15) is 52.6 Å². The van der Waals surface area contributed by atoms with Crippen molar-refractivity contribution in [2.24, 2.45) is 0 Å². The number of aromatic nitrogens is 2. The summed E-state index contributed by atoms with van der Waals surface area (Å²) in [5.74, 6) is 0.786. The summed E-state index contributed by atoms with van der Waals surface area (Å²) in [6.07, 6.45) is 4.34. The lowest BCUT2D eigenvalue weighted by Gasteiger charge is -2.29. The minimum atomic E-state index is -0.0725. The number of likely N-dealkylation sites (tertiary alicyclic amines) is 1. The largest absolute Gasteiger partial charge is 0.497 e. The lowest BCUT2D eigenvalue weighted by molar-refractivity contribution is 0.0917. The number of hydrogen-bond acceptors (Lipinski definition) is 5. The number of amides is 1. The molecule has 3 aliphatic rings. The lowest BCUT2D eigenvalue weighted by atomic mass is 9.99. The second-order valence-corrected chi connectivity index (χ2v) is 8.02. The number of ether oxygens (including phenoxy) is 1. The van der Waals surface area contributed by atoms with E-state index in [0.29, 0.717) is 18.3 Å². The van der Waals surface area contributed by atoms with E-state index < -0.39 is 0 Å². The molecule has 7 heteroatoms. The second kappa shape index (κ2) is 7.22. The number of H-pyrrole nitrogens is 1. The van der Waals surface area contributed by atoms with Gasteiger partial charge < -0.3 is 15.4 Å². The fraction of sp³-hybridized carbons (Fsp3) is 0.524. The van der Waals surface area contributed by atoms with E-state index >= 15 is 0 Å². The van der Waals surface area contributed by atoms with E-state index in [0.717, 1.165) is 42.9 Å². The molecule has 1 aromatic heterocycles. The number of fused-ring (bicyclic) bond motifs is 1. The Bertz CT molecular complexity index is 875. The van der Waals surface area contributed by atoms with Crippen LogP contribution in [0, 0.1) is 0 Å². The van der Waals surface area contributed by atoms with Crippen LogP contribution >= 0.6 is 0 Å². The quantitative estimate of drug-likeness (QED) is 0.735. The van der Waals surface area contributed by atoms with Gasteiger partial charge in [0.25, 0.3) is 5.91 Å². The molecular formula is C21H27N5O2. The number of nitrogens with one attached hydrogen (secondary N) is 3. The van der Waals surface area contributed by atoms with Crippen molar-refractivity contribution >= 4 is 5.91 Å². The summed E-state index contributed by atoms with van der Waals surface area (Å²) < 4.78 is 5.44. The molecule has 3 N–H and O–H groups in total. The third-order valence-electron chi connectivity index (χ3n) is 6.23. The van der Waals surface area contributed by atoms with Gasteiger partial charge in [0.2, 0.25) is 0 Å². The molecule has 1 saturated carbocycles. The van der Waals surface area contributed by atoms with Gasteiger partial charge in [0, 0.05) is 43.4 Å². The average molecular weight is 381 g/mol. The Morgan fingerprint density at radius 1 is 1.32 bits per heavy atom. The van der Waals surface area contributed by atoms with Gasteiger partial charge in [-0.1, -0.05) is 12.1 Å². The van der Waals surface area contributed by atoms with E-state index in [1.807, 2.05) is 12.1 Å². The van der Waals surface area contributed by atoms with Crippen molar-refractivity contribution in [2.45, 2.75) is 50.4 Å². The highest BCUT2D eigenvalue weighted by atomic mass is 16.5. The van der Waals surface area contributed by atoms with Crippen molar-refractivity contribution in [1.82, 2.24) is 25.7 Å². The third kappa shape index (κ3) is 3.18. The maximum Gasteiger partial charge on any atom is 0.272 e. The van der Waals surface area contributed by atoms with Crippen molar-refractivity contribution in [3.8, 4) is 5.75 Å². The molecule has 28 heavy (non-hydrogen) atoms. The molecule has 0 radical (unpaired) electrons. The third-order valence-corrected chi connectivity index (χ3v) is 6.23. The molecule has 7 nitrogen and oxygen atoms in total. The van der Waals surface area contributed by atoms with Crippen LogP contribution in [0.4, 0.5) is 0 Å². The van der Waals surface area contributed by atoms with Crippen molar-refractivity contribution < 1.29 is 9.53 Å². The molecule has 0 bridgehead atoms. The summed E-state index contributed by atoms with van der Waals surface area (Å²) >= 11 is 0. The number of carbonyl (C=O) groups is 1. The van der Waals surface area contributed by atoms with Gasteiger partial charge in [-0.15, -0.1) is 0 Å². The van der Waals surface area contributed by atoms with Crippen LogP contribution in [0.3, 0.4) is 0 Å². The van der Waals surface area contributed by atoms with Crippen molar-refractivity contribution in [3.05, 3.63) is 46.8 Å². The Balaban J connectivity index is 1.40. The molecule has 1 amide bonds. The topological polar surface area (TPSA) is 82.3 Å². The zero-order chi connectivity index (χ0) is 19.1. The van der Waals surface area contributed by atoms with Crippen molar-refractivity contribution in [1.29, 1.82) is 0 Å². The zero-order valence-electron chi connectivity index (χ0n) is 16.2. The Labute approximate surface area is 164 Å². The number of hydrogen-bond donors (Lipinski definition) is 3. The minimum absolute atomic E-state index is 0.0725. The van der Waals surface area contributed by atoms with Gasteiger partial charge in [0.1, 0.15) is 5.75 Å². The number of benzene rings is 1. The molecule has 3 heterocycles. The molecular weight excluding hydrogens is 354 g/mol. The molecule has 2 atom stereocenters. The molecule has 1 aliphatic carbocycles. The molecule has 1 saturated heterocycles. The fourth-order valence-electron chi connectivity index (χ4n) is 4.68. The standard InChI is InChI=1S/C21H27N5O2/c1-28-15-4-2-3-13(11-15)20-18(8-10-26(20)14-5-6-14)23-21(27)19-16-12-22-9-7-17(16)24-25-19/h2-4,11,14,18,20,22H,5-10,12H2,1H3,(H,23,27)(H,24,25). The number of methoxy groups -OCH3 is 1. The maximum atomic E-state index is 13.1. The van der Waals surface area contributed by atoms with E-state index in [1.54, 1.807) is 7.11 Å². The van der Waals surface area contributed by atoms with E-state index in [4.69, 9.17) is 4.74 Å². The molecule has 2 aromatic rings. The molecule has 148 valence electrons. The summed E-state index contributed by atoms with van der Waals surface area (Å²) in [4.78, 5) is 15.6. The van der Waals surface area contributed by atoms with E-state index in [-0.39, 0.29) is 18.0 Å². The summed E-state index contributed by atoms with van der Waals surface area (Å²) in [5.41, 5.74) is 3.84. The average Bonchev–Trinajstić information content (AvgIpc) is 3.35. The summed E-state index contributed by atoms with van der Waals surface area (Å²) in [6.45, 7) is 2.64. The van der Waals surface area contributed by atoms with Crippen molar-refractivity contribution in [3.63, 3.8) is 0 Å². The Morgan fingerprint density at radius 3 is 3.04 bits per heavy atom. The van der Waals surface area contributed by atoms with Crippen LogP contribution in [0.5, 0.6) is 5.75 Å². The number of rotatable bonds is 5. The monoisotopic (exact) mass is 381 g/mol. The summed E-state index contributed by atoms with van der Waals surface area (Å²) in [5, 5.41) is 14.0. The normalized spacial score (nSPS) is 24.8. The Morgan fingerprint density at radius 2 is 2.21 bits per heavy atom. The predicted molar refractivity (Wildman–Crippen MR) is 105 cm³/mol. The molecule has 0 spiro atoms. The number of aromatic amines is 1.